The maximum Gasteiger partial charge on any atom is 0.326 e. The fourth-order valence-electron chi connectivity index (χ4n) is 5.07. The minimum Gasteiger partial charge on any atom is -0.493 e. The molecule has 1 heterocycles. The highest BCUT2D eigenvalue weighted by molar-refractivity contribution is 5.88. The van der Waals surface area contributed by atoms with Crippen LogP contribution in [0.15, 0.2) is 72.8 Å². The van der Waals surface area contributed by atoms with Crippen LogP contribution in [-0.2, 0) is 33.9 Å². The summed E-state index contributed by atoms with van der Waals surface area (Å²) in [5.74, 6) is -3.70. The van der Waals surface area contributed by atoms with Crippen molar-refractivity contribution in [3.05, 3.63) is 95.1 Å². The Labute approximate surface area is 224 Å². The monoisotopic (exact) mass is 537 g/mol. The summed E-state index contributed by atoms with van der Waals surface area (Å²) in [4.78, 5) is 27.6. The zero-order chi connectivity index (χ0) is 27.6. The lowest BCUT2D eigenvalue weighted by Gasteiger charge is -2.40. The van der Waals surface area contributed by atoms with Crippen LogP contribution in [0, 0.1) is 0 Å². The van der Waals surface area contributed by atoms with Crippen molar-refractivity contribution in [3.63, 3.8) is 0 Å². The topological polar surface area (TPSA) is 85.3 Å². The number of carboxylic acid groups (broad SMARTS) is 1. The van der Waals surface area contributed by atoms with E-state index in [0.717, 1.165) is 5.56 Å². The van der Waals surface area contributed by atoms with Gasteiger partial charge in [0.15, 0.2) is 17.6 Å². The van der Waals surface area contributed by atoms with E-state index in [-0.39, 0.29) is 19.6 Å². The number of methoxy groups -OCH3 is 1. The fourth-order valence-corrected chi connectivity index (χ4v) is 5.07. The summed E-state index contributed by atoms with van der Waals surface area (Å²) in [6, 6.07) is 20.4. The number of benzene rings is 3. The summed E-state index contributed by atoms with van der Waals surface area (Å²) < 4.78 is 44.6. The van der Waals surface area contributed by atoms with Crippen LogP contribution in [-0.4, -0.2) is 47.1 Å². The molecule has 1 amide bonds. The lowest BCUT2D eigenvalue weighted by atomic mass is 9.90. The summed E-state index contributed by atoms with van der Waals surface area (Å²) in [7, 11) is 1.51. The van der Waals surface area contributed by atoms with E-state index >= 15 is 0 Å². The van der Waals surface area contributed by atoms with Gasteiger partial charge in [0, 0.05) is 31.4 Å². The second-order valence-electron chi connectivity index (χ2n) is 9.85. The van der Waals surface area contributed by atoms with Crippen LogP contribution in [0.2, 0.25) is 0 Å². The van der Waals surface area contributed by atoms with Gasteiger partial charge in [0.1, 0.15) is 12.6 Å². The predicted octanol–water partition coefficient (Wildman–Crippen LogP) is 5.17. The normalized spacial score (nSPS) is 18.9. The highest BCUT2D eigenvalue weighted by Crippen LogP contribution is 2.43. The minimum atomic E-state index is -2.82. The van der Waals surface area contributed by atoms with Gasteiger partial charge in [-0.25, -0.2) is 13.6 Å². The van der Waals surface area contributed by atoms with E-state index in [4.69, 9.17) is 14.2 Å². The maximum atomic E-state index is 13.9. The van der Waals surface area contributed by atoms with Gasteiger partial charge < -0.3 is 24.2 Å². The van der Waals surface area contributed by atoms with E-state index < -0.39 is 48.9 Å². The maximum absolute atomic E-state index is 13.9. The van der Waals surface area contributed by atoms with Crippen LogP contribution in [0.1, 0.15) is 41.2 Å². The number of nitrogens with zero attached hydrogens (tertiary/aromatic N) is 1. The van der Waals surface area contributed by atoms with Crippen LogP contribution in [0.4, 0.5) is 8.78 Å². The van der Waals surface area contributed by atoms with Gasteiger partial charge in [-0.1, -0.05) is 66.7 Å². The number of alkyl halides is 2. The molecule has 7 nitrogen and oxygen atoms in total. The molecule has 1 fully saturated rings. The molecular formula is C30H29F2NO6. The first-order valence-corrected chi connectivity index (χ1v) is 12.7. The van der Waals surface area contributed by atoms with Gasteiger partial charge in [0.05, 0.1) is 13.2 Å². The number of rotatable bonds is 9. The second kappa shape index (κ2) is 11.0. The van der Waals surface area contributed by atoms with Crippen molar-refractivity contribution in [2.75, 3.05) is 7.11 Å². The molecule has 9 heteroatoms. The zero-order valence-corrected chi connectivity index (χ0v) is 21.4. The summed E-state index contributed by atoms with van der Waals surface area (Å²) in [6.45, 7) is 0.244. The molecule has 1 aliphatic heterocycles. The molecule has 39 heavy (non-hydrogen) atoms. The predicted molar refractivity (Wildman–Crippen MR) is 138 cm³/mol. The van der Waals surface area contributed by atoms with E-state index in [1.54, 1.807) is 42.5 Å². The molecule has 0 spiro atoms. The Bertz CT molecular complexity index is 1330. The van der Waals surface area contributed by atoms with Gasteiger partial charge in [-0.3, -0.25) is 4.79 Å². The number of fused-ring (bicyclic) bond motifs is 1. The molecule has 3 aromatic carbocycles. The first-order valence-electron chi connectivity index (χ1n) is 12.7. The molecule has 2 atom stereocenters. The van der Waals surface area contributed by atoms with Gasteiger partial charge in [0.2, 0.25) is 0 Å². The highest BCUT2D eigenvalue weighted by atomic mass is 19.3. The molecule has 0 saturated heterocycles. The second-order valence-corrected chi connectivity index (χ2v) is 9.85. The molecule has 2 aliphatic rings. The van der Waals surface area contributed by atoms with Crippen molar-refractivity contribution in [3.8, 4) is 11.5 Å². The standard InChI is InChI=1S/C30H29F2NO6/c1-37-25-13-12-21-17-33(24(29(35)36)14-23(21)27(25)38-18-19-8-4-2-5-9-19)28(34)26(20-10-6-3-7-11-20)39-22-15-30(31,32)16-22/h2-13,22,24,26H,14-18H2,1H3,(H,35,36). The lowest BCUT2D eigenvalue weighted by molar-refractivity contribution is -0.193. The zero-order valence-electron chi connectivity index (χ0n) is 21.4. The van der Waals surface area contributed by atoms with E-state index in [2.05, 4.69) is 0 Å². The lowest BCUT2D eigenvalue weighted by Crippen LogP contribution is -2.51. The highest BCUT2D eigenvalue weighted by Gasteiger charge is 2.49. The third-order valence-corrected chi connectivity index (χ3v) is 7.16. The summed E-state index contributed by atoms with van der Waals surface area (Å²) >= 11 is 0. The number of hydrogen-bond donors (Lipinski definition) is 1. The van der Waals surface area contributed by atoms with Crippen molar-refractivity contribution in [2.45, 2.75) is 56.6 Å². The summed E-state index contributed by atoms with van der Waals surface area (Å²) in [6.07, 6.45) is -2.96. The number of aliphatic carboxylic acids is 1. The van der Waals surface area contributed by atoms with Crippen LogP contribution >= 0.6 is 0 Å². The Morgan fingerprint density at radius 3 is 2.31 bits per heavy atom. The Kier molecular flexibility index (Phi) is 7.52. The molecule has 1 saturated carbocycles. The number of halogens is 2. The number of carbonyl (C=O) groups excluding carboxylic acids is 1. The minimum absolute atomic E-state index is 0.00958. The molecule has 0 bridgehead atoms. The average molecular weight is 538 g/mol. The molecule has 1 aliphatic carbocycles. The summed E-state index contributed by atoms with van der Waals surface area (Å²) in [5.41, 5.74) is 2.78. The molecular weight excluding hydrogens is 508 g/mol. The average Bonchev–Trinajstić information content (AvgIpc) is 2.93. The first kappa shape index (κ1) is 26.6. The van der Waals surface area contributed by atoms with Gasteiger partial charge in [-0.05, 0) is 22.8 Å². The SMILES string of the molecule is COc1ccc2c(c1OCc1ccccc1)CC(C(=O)O)N(C(=O)C(OC1CC(F)(F)C1)c1ccccc1)C2. The largest absolute Gasteiger partial charge is 0.493 e. The van der Waals surface area contributed by atoms with Gasteiger partial charge in [-0.2, -0.15) is 0 Å². The Balaban J connectivity index is 1.45. The smallest absolute Gasteiger partial charge is 0.326 e. The van der Waals surface area contributed by atoms with Crippen molar-refractivity contribution in [1.82, 2.24) is 4.90 Å². The third-order valence-electron chi connectivity index (χ3n) is 7.16. The summed E-state index contributed by atoms with van der Waals surface area (Å²) in [5, 5.41) is 10.2. The van der Waals surface area contributed by atoms with Crippen molar-refractivity contribution in [1.29, 1.82) is 0 Å². The number of ether oxygens (including phenoxy) is 3. The number of carbonyl (C=O) groups is 2. The molecule has 0 radical (unpaired) electrons. The molecule has 0 aromatic heterocycles. The quantitative estimate of drug-likeness (QED) is 0.406. The van der Waals surface area contributed by atoms with Crippen LogP contribution in [0.5, 0.6) is 11.5 Å². The van der Waals surface area contributed by atoms with Crippen LogP contribution in [0.25, 0.3) is 0 Å². The van der Waals surface area contributed by atoms with Crippen molar-refractivity contribution in [2.24, 2.45) is 0 Å². The molecule has 3 aromatic rings. The fraction of sp³-hybridized carbons (Fsp3) is 0.333. The Morgan fingerprint density at radius 2 is 1.69 bits per heavy atom. The van der Waals surface area contributed by atoms with Gasteiger partial charge in [0.25, 0.3) is 11.8 Å². The Morgan fingerprint density at radius 1 is 1.03 bits per heavy atom. The van der Waals surface area contributed by atoms with Gasteiger partial charge >= 0.3 is 5.97 Å². The Hall–Kier alpha value is -3.98. The van der Waals surface area contributed by atoms with Crippen LogP contribution in [0.3, 0.4) is 0 Å². The van der Waals surface area contributed by atoms with E-state index in [1.165, 1.54) is 12.0 Å². The molecule has 204 valence electrons. The molecule has 1 N–H and O–H groups in total. The number of hydrogen-bond acceptors (Lipinski definition) is 5. The van der Waals surface area contributed by atoms with E-state index in [9.17, 15) is 23.5 Å². The van der Waals surface area contributed by atoms with Crippen molar-refractivity contribution >= 4 is 11.9 Å². The van der Waals surface area contributed by atoms with Crippen LogP contribution < -0.4 is 9.47 Å². The van der Waals surface area contributed by atoms with E-state index in [0.29, 0.717) is 28.2 Å². The van der Waals surface area contributed by atoms with Gasteiger partial charge in [-0.15, -0.1) is 0 Å². The van der Waals surface area contributed by atoms with E-state index in [1.807, 2.05) is 30.3 Å². The molecule has 2 unspecified atom stereocenters. The third kappa shape index (κ3) is 5.73. The number of carboxylic acids is 1. The first-order chi connectivity index (χ1) is 18.8. The van der Waals surface area contributed by atoms with Crippen molar-refractivity contribution < 1.29 is 37.7 Å². The number of amides is 1. The molecule has 5 rings (SSSR count).